The van der Waals surface area contributed by atoms with Crippen LogP contribution in [0.1, 0.15) is 21.6 Å². The molecule has 1 aromatic heterocycles. The van der Waals surface area contributed by atoms with E-state index in [0.717, 1.165) is 12.1 Å². The van der Waals surface area contributed by atoms with Gasteiger partial charge >= 0.3 is 6.18 Å². The molecule has 0 spiro atoms. The van der Waals surface area contributed by atoms with Crippen LogP contribution in [0.15, 0.2) is 53.6 Å². The number of nitrogens with zero attached hydrogens (tertiary/aromatic N) is 2. The van der Waals surface area contributed by atoms with E-state index in [1.165, 1.54) is 49.5 Å². The standard InChI is InChI=1S/C22H18F4N2O2S/c1-12-6-18(17-5-4-15(23)10-20(17)30-3)19(11-27-12)28(2)21(29)13-7-14(22(24,25)26)9-16(31)8-13/h4-11,31H,1-3H3. The third-order valence-electron chi connectivity index (χ3n) is 4.63. The molecule has 1 heterocycles. The van der Waals surface area contributed by atoms with Crippen molar-refractivity contribution in [1.82, 2.24) is 4.98 Å². The van der Waals surface area contributed by atoms with Gasteiger partial charge in [-0.25, -0.2) is 4.39 Å². The molecule has 0 N–H and O–H groups in total. The molecule has 0 radical (unpaired) electrons. The quantitative estimate of drug-likeness (QED) is 0.404. The molecule has 2 aromatic carbocycles. The number of aryl methyl sites for hydroxylation is 1. The third-order valence-corrected chi connectivity index (χ3v) is 4.89. The Morgan fingerprint density at radius 1 is 1.10 bits per heavy atom. The van der Waals surface area contributed by atoms with E-state index in [2.05, 4.69) is 17.6 Å². The molecule has 3 aromatic rings. The van der Waals surface area contributed by atoms with Gasteiger partial charge in [0.2, 0.25) is 0 Å². The Morgan fingerprint density at radius 2 is 1.81 bits per heavy atom. The molecule has 0 saturated heterocycles. The van der Waals surface area contributed by atoms with Crippen LogP contribution in [0.25, 0.3) is 11.1 Å². The fourth-order valence-corrected chi connectivity index (χ4v) is 3.40. The molecule has 0 atom stereocenters. The van der Waals surface area contributed by atoms with E-state index in [1.54, 1.807) is 13.0 Å². The van der Waals surface area contributed by atoms with Gasteiger partial charge in [-0.1, -0.05) is 0 Å². The number of alkyl halides is 3. The van der Waals surface area contributed by atoms with Crippen molar-refractivity contribution in [3.8, 4) is 16.9 Å². The van der Waals surface area contributed by atoms with Crippen molar-refractivity contribution in [2.24, 2.45) is 0 Å². The van der Waals surface area contributed by atoms with Gasteiger partial charge in [-0.3, -0.25) is 9.78 Å². The third kappa shape index (κ3) is 4.82. The molecule has 0 unspecified atom stereocenters. The van der Waals surface area contributed by atoms with Crippen LogP contribution < -0.4 is 9.64 Å². The summed E-state index contributed by atoms with van der Waals surface area (Å²) in [5.41, 5.74) is 0.807. The second-order valence-corrected chi connectivity index (χ2v) is 7.33. The molecule has 3 rings (SSSR count). The number of carbonyl (C=O) groups is 1. The highest BCUT2D eigenvalue weighted by molar-refractivity contribution is 7.80. The van der Waals surface area contributed by atoms with Gasteiger partial charge in [0.25, 0.3) is 5.91 Å². The Morgan fingerprint density at radius 3 is 2.45 bits per heavy atom. The molecule has 0 saturated carbocycles. The van der Waals surface area contributed by atoms with Crippen molar-refractivity contribution in [1.29, 1.82) is 0 Å². The van der Waals surface area contributed by atoms with Gasteiger partial charge in [-0.2, -0.15) is 13.2 Å². The average Bonchev–Trinajstić information content (AvgIpc) is 2.71. The highest BCUT2D eigenvalue weighted by Crippen LogP contribution is 2.38. The first-order valence-electron chi connectivity index (χ1n) is 9.01. The van der Waals surface area contributed by atoms with Crippen molar-refractivity contribution in [3.63, 3.8) is 0 Å². The Bertz CT molecular complexity index is 1150. The first-order valence-corrected chi connectivity index (χ1v) is 9.46. The maximum absolute atomic E-state index is 13.7. The van der Waals surface area contributed by atoms with E-state index in [9.17, 15) is 22.4 Å². The Balaban J connectivity index is 2.11. The molecule has 31 heavy (non-hydrogen) atoms. The van der Waals surface area contributed by atoms with E-state index in [0.29, 0.717) is 22.5 Å². The molecule has 1 amide bonds. The number of thiol groups is 1. The zero-order valence-corrected chi connectivity index (χ0v) is 17.7. The van der Waals surface area contributed by atoms with E-state index >= 15 is 0 Å². The second-order valence-electron chi connectivity index (χ2n) is 6.82. The molecule has 4 nitrogen and oxygen atoms in total. The number of methoxy groups -OCH3 is 1. The lowest BCUT2D eigenvalue weighted by Gasteiger charge is -2.22. The minimum Gasteiger partial charge on any atom is -0.496 e. The van der Waals surface area contributed by atoms with Crippen LogP contribution >= 0.6 is 12.6 Å². The average molecular weight is 450 g/mol. The Labute approximate surface area is 181 Å². The Hall–Kier alpha value is -3.07. The number of halogens is 4. The van der Waals surface area contributed by atoms with Crippen LogP contribution in [0.5, 0.6) is 5.75 Å². The van der Waals surface area contributed by atoms with Gasteiger partial charge in [0, 0.05) is 40.4 Å². The molecule has 0 aliphatic heterocycles. The summed E-state index contributed by atoms with van der Waals surface area (Å²) in [7, 11) is 2.81. The maximum atomic E-state index is 13.7. The molecule has 0 bridgehead atoms. The number of carbonyl (C=O) groups excluding carboxylic acids is 1. The first-order chi connectivity index (χ1) is 14.5. The number of benzene rings is 2. The van der Waals surface area contributed by atoms with Gasteiger partial charge in [-0.15, -0.1) is 12.6 Å². The second kappa shape index (κ2) is 8.58. The van der Waals surface area contributed by atoms with Gasteiger partial charge in [0.05, 0.1) is 24.6 Å². The highest BCUT2D eigenvalue weighted by Gasteiger charge is 2.32. The normalized spacial score (nSPS) is 11.4. The number of anilines is 1. The summed E-state index contributed by atoms with van der Waals surface area (Å²) in [6.07, 6.45) is -3.19. The molecule has 0 aliphatic carbocycles. The number of ether oxygens (including phenoxy) is 1. The zero-order valence-electron chi connectivity index (χ0n) is 16.8. The summed E-state index contributed by atoms with van der Waals surface area (Å²) in [5.74, 6) is -0.943. The summed E-state index contributed by atoms with van der Waals surface area (Å²) >= 11 is 4.00. The largest absolute Gasteiger partial charge is 0.496 e. The van der Waals surface area contributed by atoms with Crippen molar-refractivity contribution >= 4 is 24.2 Å². The van der Waals surface area contributed by atoms with Crippen molar-refractivity contribution < 1.29 is 27.1 Å². The molecule has 162 valence electrons. The van der Waals surface area contributed by atoms with Crippen LogP contribution in [0.2, 0.25) is 0 Å². The van der Waals surface area contributed by atoms with Crippen LogP contribution in [0, 0.1) is 12.7 Å². The number of rotatable bonds is 4. The van der Waals surface area contributed by atoms with E-state index in [-0.39, 0.29) is 16.2 Å². The first kappa shape index (κ1) is 22.6. The SMILES string of the molecule is COc1cc(F)ccc1-c1cc(C)ncc1N(C)C(=O)c1cc(S)cc(C(F)(F)F)c1. The molecular weight excluding hydrogens is 432 g/mol. The molecule has 0 aliphatic rings. The highest BCUT2D eigenvalue weighted by atomic mass is 32.1. The summed E-state index contributed by atoms with van der Waals surface area (Å²) < 4.78 is 58.4. The molecule has 9 heteroatoms. The number of amides is 1. The van der Waals surface area contributed by atoms with Gasteiger partial charge < -0.3 is 9.64 Å². The zero-order chi connectivity index (χ0) is 22.9. The van der Waals surface area contributed by atoms with Crippen LogP contribution in [-0.2, 0) is 6.18 Å². The van der Waals surface area contributed by atoms with Gasteiger partial charge in [0.15, 0.2) is 0 Å². The van der Waals surface area contributed by atoms with Gasteiger partial charge in [0.1, 0.15) is 11.6 Å². The van der Waals surface area contributed by atoms with Crippen LogP contribution in [0.4, 0.5) is 23.2 Å². The predicted molar refractivity (Wildman–Crippen MR) is 112 cm³/mol. The molecular formula is C22H18F4N2O2S. The Kier molecular flexibility index (Phi) is 6.26. The lowest BCUT2D eigenvalue weighted by molar-refractivity contribution is -0.137. The number of aromatic nitrogens is 1. The van der Waals surface area contributed by atoms with E-state index in [4.69, 9.17) is 4.74 Å². The predicted octanol–water partition coefficient (Wildman–Crippen LogP) is 5.79. The number of pyridine rings is 1. The summed E-state index contributed by atoms with van der Waals surface area (Å²) in [5, 5.41) is 0. The summed E-state index contributed by atoms with van der Waals surface area (Å²) in [6.45, 7) is 1.74. The lowest BCUT2D eigenvalue weighted by Crippen LogP contribution is -2.27. The lowest BCUT2D eigenvalue weighted by atomic mass is 10.0. The van der Waals surface area contributed by atoms with E-state index in [1.807, 2.05) is 0 Å². The fourth-order valence-electron chi connectivity index (χ4n) is 3.12. The van der Waals surface area contributed by atoms with Crippen LogP contribution in [0.3, 0.4) is 0 Å². The number of hydrogen-bond donors (Lipinski definition) is 1. The summed E-state index contributed by atoms with van der Waals surface area (Å²) in [6, 6.07) is 8.53. The van der Waals surface area contributed by atoms with Crippen molar-refractivity contribution in [2.75, 3.05) is 19.1 Å². The molecule has 0 fully saturated rings. The minimum atomic E-state index is -4.62. The summed E-state index contributed by atoms with van der Waals surface area (Å²) in [4.78, 5) is 18.5. The van der Waals surface area contributed by atoms with Gasteiger partial charge in [-0.05, 0) is 43.3 Å². The number of hydrogen-bond acceptors (Lipinski definition) is 4. The smallest absolute Gasteiger partial charge is 0.416 e. The fraction of sp³-hybridized carbons (Fsp3) is 0.182. The van der Waals surface area contributed by atoms with Crippen molar-refractivity contribution in [3.05, 3.63) is 71.3 Å². The van der Waals surface area contributed by atoms with Crippen molar-refractivity contribution in [2.45, 2.75) is 18.0 Å². The van der Waals surface area contributed by atoms with Crippen LogP contribution in [-0.4, -0.2) is 25.0 Å². The topological polar surface area (TPSA) is 42.4 Å². The minimum absolute atomic E-state index is 0.00836. The monoisotopic (exact) mass is 450 g/mol. The van der Waals surface area contributed by atoms with E-state index < -0.39 is 23.5 Å². The maximum Gasteiger partial charge on any atom is 0.416 e.